The zero-order chi connectivity index (χ0) is 16.4. The lowest BCUT2D eigenvalue weighted by molar-refractivity contribution is 0.0950. The zero-order valence-corrected chi connectivity index (χ0v) is 13.7. The number of nitrogens with two attached hydrogens (primary N) is 1. The maximum Gasteiger partial charge on any atom is 0.251 e. The Hall–Kier alpha value is -2.14. The fourth-order valence-corrected chi connectivity index (χ4v) is 2.77. The molecule has 1 saturated carbocycles. The monoisotopic (exact) mass is 312 g/mol. The van der Waals surface area contributed by atoms with Crippen molar-refractivity contribution in [1.82, 2.24) is 15.1 Å². The molecule has 1 heterocycles. The van der Waals surface area contributed by atoms with Crippen LogP contribution >= 0.6 is 0 Å². The van der Waals surface area contributed by atoms with Gasteiger partial charge in [-0.3, -0.25) is 9.48 Å². The average molecular weight is 312 g/mol. The van der Waals surface area contributed by atoms with Crippen LogP contribution < -0.4 is 11.1 Å². The van der Waals surface area contributed by atoms with Gasteiger partial charge >= 0.3 is 0 Å². The molecule has 1 atom stereocenters. The van der Waals surface area contributed by atoms with Crippen LogP contribution in [0.15, 0.2) is 30.3 Å². The number of nitrogens with zero attached hydrogens (tertiary/aromatic N) is 2. The number of carbonyl (C=O) groups is 1. The first-order valence-electron chi connectivity index (χ1n) is 8.16. The molecule has 3 rings (SSSR count). The number of aryl methyl sites for hydroxylation is 2. The van der Waals surface area contributed by atoms with Crippen LogP contribution in [-0.2, 0) is 6.54 Å². The van der Waals surface area contributed by atoms with Crippen LogP contribution in [0.1, 0.15) is 40.2 Å². The summed E-state index contributed by atoms with van der Waals surface area (Å²) in [4.78, 5) is 12.1. The molecule has 1 amide bonds. The Labute approximate surface area is 136 Å². The van der Waals surface area contributed by atoms with E-state index in [1.165, 1.54) is 12.8 Å². The quantitative estimate of drug-likeness (QED) is 0.857. The molecule has 0 radical (unpaired) electrons. The lowest BCUT2D eigenvalue weighted by atomic mass is 10.1. The van der Waals surface area contributed by atoms with E-state index in [1.807, 2.05) is 42.8 Å². The van der Waals surface area contributed by atoms with Crippen molar-refractivity contribution in [1.29, 1.82) is 0 Å². The van der Waals surface area contributed by atoms with Crippen LogP contribution in [-0.4, -0.2) is 28.3 Å². The van der Waals surface area contributed by atoms with Crippen LogP contribution in [0.2, 0.25) is 0 Å². The Morgan fingerprint density at radius 2 is 2.04 bits per heavy atom. The molecular formula is C18H24N4O. The minimum atomic E-state index is -0.0567. The fraction of sp³-hybridized carbons (Fsp3) is 0.444. The molecule has 1 aliphatic rings. The molecule has 0 saturated heterocycles. The summed E-state index contributed by atoms with van der Waals surface area (Å²) in [6, 6.07) is 9.82. The van der Waals surface area contributed by atoms with Gasteiger partial charge in [0.15, 0.2) is 0 Å². The highest BCUT2D eigenvalue weighted by atomic mass is 16.1. The van der Waals surface area contributed by atoms with Gasteiger partial charge in [-0.1, -0.05) is 12.1 Å². The standard InChI is InChI=1S/C18H24N4O/c1-12-9-13(2)22(21-12)11-14-3-5-16(6-4-14)18(23)20-10-17(19)15-7-8-15/h3-6,9,15,17H,7-8,10-11,19H2,1-2H3,(H,20,23). The second-order valence-electron chi connectivity index (χ2n) is 6.49. The predicted molar refractivity (Wildman–Crippen MR) is 90.3 cm³/mol. The Balaban J connectivity index is 1.57. The number of rotatable bonds is 6. The summed E-state index contributed by atoms with van der Waals surface area (Å²) in [5.41, 5.74) is 9.96. The molecule has 5 heteroatoms. The predicted octanol–water partition coefficient (Wildman–Crippen LogP) is 2.02. The summed E-state index contributed by atoms with van der Waals surface area (Å²) in [6.45, 7) is 5.30. The van der Waals surface area contributed by atoms with Crippen molar-refractivity contribution in [2.75, 3.05) is 6.54 Å². The molecule has 1 unspecified atom stereocenters. The van der Waals surface area contributed by atoms with Gasteiger partial charge in [-0.15, -0.1) is 0 Å². The molecule has 5 nitrogen and oxygen atoms in total. The van der Waals surface area contributed by atoms with Gasteiger partial charge < -0.3 is 11.1 Å². The van der Waals surface area contributed by atoms with Crippen LogP contribution in [0.4, 0.5) is 0 Å². The summed E-state index contributed by atoms with van der Waals surface area (Å²) >= 11 is 0. The Kier molecular flexibility index (Phi) is 4.48. The molecule has 23 heavy (non-hydrogen) atoms. The van der Waals surface area contributed by atoms with E-state index < -0.39 is 0 Å². The van der Waals surface area contributed by atoms with Crippen molar-refractivity contribution in [2.45, 2.75) is 39.3 Å². The van der Waals surface area contributed by atoms with Gasteiger partial charge in [0.25, 0.3) is 5.91 Å². The highest BCUT2D eigenvalue weighted by Gasteiger charge is 2.28. The third-order valence-corrected chi connectivity index (χ3v) is 4.38. The van der Waals surface area contributed by atoms with Crippen molar-refractivity contribution >= 4 is 5.91 Å². The highest BCUT2D eigenvalue weighted by Crippen LogP contribution is 2.31. The van der Waals surface area contributed by atoms with E-state index in [9.17, 15) is 4.79 Å². The molecule has 0 aliphatic heterocycles. The summed E-state index contributed by atoms with van der Waals surface area (Å²) < 4.78 is 1.97. The van der Waals surface area contributed by atoms with Crippen molar-refractivity contribution in [3.05, 3.63) is 52.8 Å². The minimum absolute atomic E-state index is 0.0567. The smallest absolute Gasteiger partial charge is 0.251 e. The molecule has 0 spiro atoms. The van der Waals surface area contributed by atoms with Crippen molar-refractivity contribution in [3.63, 3.8) is 0 Å². The number of amides is 1. The van der Waals surface area contributed by atoms with Gasteiger partial charge in [-0.05, 0) is 56.4 Å². The first kappa shape index (κ1) is 15.7. The van der Waals surface area contributed by atoms with Gasteiger partial charge in [-0.2, -0.15) is 5.10 Å². The number of hydrogen-bond donors (Lipinski definition) is 2. The second-order valence-corrected chi connectivity index (χ2v) is 6.49. The van der Waals surface area contributed by atoms with Gasteiger partial charge in [-0.25, -0.2) is 0 Å². The van der Waals surface area contributed by atoms with Crippen molar-refractivity contribution in [3.8, 4) is 0 Å². The number of carbonyl (C=O) groups excluding carboxylic acids is 1. The van der Waals surface area contributed by atoms with E-state index in [0.29, 0.717) is 24.6 Å². The molecule has 3 N–H and O–H groups in total. The lowest BCUT2D eigenvalue weighted by Crippen LogP contribution is -2.38. The van der Waals surface area contributed by atoms with Crippen LogP contribution in [0.25, 0.3) is 0 Å². The Morgan fingerprint density at radius 3 is 2.61 bits per heavy atom. The first-order valence-corrected chi connectivity index (χ1v) is 8.16. The molecule has 1 fully saturated rings. The summed E-state index contributed by atoms with van der Waals surface area (Å²) in [6.07, 6.45) is 2.39. The SMILES string of the molecule is Cc1cc(C)n(Cc2ccc(C(=O)NCC(N)C3CC3)cc2)n1. The maximum absolute atomic E-state index is 12.1. The van der Waals surface area contributed by atoms with Crippen molar-refractivity contribution in [2.24, 2.45) is 11.7 Å². The van der Waals surface area contributed by atoms with Crippen LogP contribution in [0.5, 0.6) is 0 Å². The van der Waals surface area contributed by atoms with E-state index in [0.717, 1.165) is 17.0 Å². The molecule has 122 valence electrons. The maximum atomic E-state index is 12.1. The Morgan fingerprint density at radius 1 is 1.35 bits per heavy atom. The number of nitrogens with one attached hydrogen (secondary N) is 1. The number of benzene rings is 1. The number of hydrogen-bond acceptors (Lipinski definition) is 3. The summed E-state index contributed by atoms with van der Waals surface area (Å²) in [5.74, 6) is 0.539. The van der Waals surface area contributed by atoms with Gasteiger partial charge in [0, 0.05) is 23.8 Å². The third kappa shape index (κ3) is 3.99. The van der Waals surface area contributed by atoms with E-state index in [4.69, 9.17) is 5.73 Å². The van der Waals surface area contributed by atoms with E-state index in [-0.39, 0.29) is 11.9 Å². The minimum Gasteiger partial charge on any atom is -0.350 e. The topological polar surface area (TPSA) is 72.9 Å². The van der Waals surface area contributed by atoms with Gasteiger partial charge in [0.05, 0.1) is 12.2 Å². The molecule has 1 aromatic heterocycles. The molecule has 0 bridgehead atoms. The summed E-state index contributed by atoms with van der Waals surface area (Å²) in [5, 5.41) is 7.38. The van der Waals surface area contributed by atoms with E-state index >= 15 is 0 Å². The molecule has 1 aromatic carbocycles. The van der Waals surface area contributed by atoms with Gasteiger partial charge in [0.1, 0.15) is 0 Å². The first-order chi connectivity index (χ1) is 11.0. The normalized spacial score (nSPS) is 15.4. The highest BCUT2D eigenvalue weighted by molar-refractivity contribution is 5.94. The molecule has 1 aliphatic carbocycles. The van der Waals surface area contributed by atoms with Crippen molar-refractivity contribution < 1.29 is 4.79 Å². The third-order valence-electron chi connectivity index (χ3n) is 4.38. The van der Waals surface area contributed by atoms with Crippen LogP contribution in [0.3, 0.4) is 0 Å². The fourth-order valence-electron chi connectivity index (χ4n) is 2.77. The van der Waals surface area contributed by atoms with Crippen LogP contribution in [0, 0.1) is 19.8 Å². The number of aromatic nitrogens is 2. The average Bonchev–Trinajstić information content (AvgIpc) is 3.32. The molecule has 2 aromatic rings. The molecular weight excluding hydrogens is 288 g/mol. The van der Waals surface area contributed by atoms with Gasteiger partial charge in [0.2, 0.25) is 0 Å². The Bertz CT molecular complexity index is 686. The zero-order valence-electron chi connectivity index (χ0n) is 13.7. The van der Waals surface area contributed by atoms with E-state index in [2.05, 4.69) is 16.5 Å². The lowest BCUT2D eigenvalue weighted by Gasteiger charge is -2.12. The van der Waals surface area contributed by atoms with E-state index in [1.54, 1.807) is 0 Å². The second kappa shape index (κ2) is 6.54. The summed E-state index contributed by atoms with van der Waals surface area (Å²) in [7, 11) is 0. The largest absolute Gasteiger partial charge is 0.350 e.